The molecule has 0 heterocycles. The minimum absolute atomic E-state index is 0.274. The minimum Gasteiger partial charge on any atom is -0.0683 e. The fraction of sp³-hybridized carbons (Fsp3) is 0.647. The van der Waals surface area contributed by atoms with Crippen molar-refractivity contribution in [3.63, 3.8) is 0 Å². The van der Waals surface area contributed by atoms with Gasteiger partial charge < -0.3 is 0 Å². The van der Waals surface area contributed by atoms with Crippen LogP contribution in [0.1, 0.15) is 72.1 Å². The van der Waals surface area contributed by atoms with E-state index < -0.39 is 0 Å². The lowest BCUT2D eigenvalue weighted by Gasteiger charge is -2.22. The number of benzene rings is 1. The monoisotopic (exact) mass is 236 g/mol. The van der Waals surface area contributed by atoms with Gasteiger partial charge in [0.1, 0.15) is 0 Å². The summed E-state index contributed by atoms with van der Waals surface area (Å²) in [6, 6.07) is 6.82. The Labute approximate surface area is 109 Å². The maximum atomic E-state index is 2.31. The van der Waals surface area contributed by atoms with Gasteiger partial charge in [0.2, 0.25) is 0 Å². The van der Waals surface area contributed by atoms with Crippen LogP contribution >= 0.6 is 0 Å². The van der Waals surface area contributed by atoms with Crippen LogP contribution in [-0.4, -0.2) is 0 Å². The maximum Gasteiger partial charge on any atom is -0.0129 e. The molecule has 0 unspecified atom stereocenters. The Balaban J connectivity index is 0. The molecule has 0 N–H and O–H groups in total. The summed E-state index contributed by atoms with van der Waals surface area (Å²) in [4.78, 5) is 0. The van der Waals surface area contributed by atoms with E-state index in [0.29, 0.717) is 0 Å². The number of aryl methyl sites for hydroxylation is 2. The second-order valence-corrected chi connectivity index (χ2v) is 4.75. The van der Waals surface area contributed by atoms with Crippen LogP contribution < -0.4 is 0 Å². The Morgan fingerprint density at radius 1 is 0.941 bits per heavy atom. The molecule has 1 rings (SSSR count). The maximum absolute atomic E-state index is 2.31. The predicted molar refractivity (Wildman–Crippen MR) is 82.0 cm³/mol. The van der Waals surface area contributed by atoms with Crippen LogP contribution in [0.3, 0.4) is 0 Å². The van der Waals surface area contributed by atoms with Crippen molar-refractivity contribution in [1.29, 1.82) is 0 Å². The van der Waals surface area contributed by atoms with Gasteiger partial charge in [-0.1, -0.05) is 73.6 Å². The third kappa shape index (κ3) is 6.51. The summed E-state index contributed by atoms with van der Waals surface area (Å²) < 4.78 is 0. The third-order valence-electron chi connectivity index (χ3n) is 2.51. The van der Waals surface area contributed by atoms with Gasteiger partial charge in [-0.15, -0.1) is 0 Å². The van der Waals surface area contributed by atoms with E-state index in [9.17, 15) is 0 Å². The van der Waals surface area contributed by atoms with E-state index >= 15 is 0 Å². The molecular formula is C17H32. The molecule has 0 nitrogen and oxygen atoms in total. The highest BCUT2D eigenvalue weighted by Gasteiger charge is 2.15. The van der Waals surface area contributed by atoms with Crippen LogP contribution in [0.2, 0.25) is 0 Å². The highest BCUT2D eigenvalue weighted by molar-refractivity contribution is 5.35. The van der Waals surface area contributed by atoms with Crippen LogP contribution in [0.15, 0.2) is 18.2 Å². The van der Waals surface area contributed by atoms with Crippen molar-refractivity contribution in [2.45, 2.75) is 74.1 Å². The van der Waals surface area contributed by atoms with Gasteiger partial charge in [-0.25, -0.2) is 0 Å². The largest absolute Gasteiger partial charge is 0.0683 e. The Hall–Kier alpha value is -0.780. The molecule has 0 aliphatic rings. The molecule has 0 aliphatic carbocycles. The standard InChI is InChI=1S/C13H20.2C2H6/c1-6-11-7-8-12(10(2)9-11)13(3,4)5;2*1-2/h7-9H,6H2,1-5H3;2*1-2H3. The minimum atomic E-state index is 0.274. The molecule has 1 aromatic rings. The molecule has 0 heteroatoms. The fourth-order valence-corrected chi connectivity index (χ4v) is 1.79. The van der Waals surface area contributed by atoms with Gasteiger partial charge >= 0.3 is 0 Å². The summed E-state index contributed by atoms with van der Waals surface area (Å²) in [5.41, 5.74) is 4.60. The number of rotatable bonds is 1. The van der Waals surface area contributed by atoms with Crippen molar-refractivity contribution in [1.82, 2.24) is 0 Å². The van der Waals surface area contributed by atoms with E-state index in [-0.39, 0.29) is 5.41 Å². The summed E-state index contributed by atoms with van der Waals surface area (Å²) in [6.45, 7) is 19.2. The van der Waals surface area contributed by atoms with Crippen molar-refractivity contribution in [3.05, 3.63) is 34.9 Å². The van der Waals surface area contributed by atoms with Crippen LogP contribution in [0, 0.1) is 6.92 Å². The summed E-state index contributed by atoms with van der Waals surface area (Å²) in [7, 11) is 0. The van der Waals surface area contributed by atoms with Gasteiger partial charge in [-0.2, -0.15) is 0 Å². The SMILES string of the molecule is CC.CC.CCc1ccc(C(C)(C)C)c(C)c1. The molecule has 17 heavy (non-hydrogen) atoms. The van der Waals surface area contributed by atoms with E-state index in [2.05, 4.69) is 52.8 Å². The molecule has 0 radical (unpaired) electrons. The lowest BCUT2D eigenvalue weighted by molar-refractivity contribution is 0.586. The van der Waals surface area contributed by atoms with Crippen molar-refractivity contribution in [3.8, 4) is 0 Å². The lowest BCUT2D eigenvalue weighted by Crippen LogP contribution is -2.13. The summed E-state index contributed by atoms with van der Waals surface area (Å²) >= 11 is 0. The fourth-order valence-electron chi connectivity index (χ4n) is 1.79. The van der Waals surface area contributed by atoms with Gasteiger partial charge in [0, 0.05) is 0 Å². The third-order valence-corrected chi connectivity index (χ3v) is 2.51. The molecule has 0 atom stereocenters. The number of hydrogen-bond donors (Lipinski definition) is 0. The van der Waals surface area contributed by atoms with Crippen molar-refractivity contribution in [2.24, 2.45) is 0 Å². The molecule has 0 aliphatic heterocycles. The highest BCUT2D eigenvalue weighted by Crippen LogP contribution is 2.26. The van der Waals surface area contributed by atoms with Crippen molar-refractivity contribution < 1.29 is 0 Å². The molecule has 1 aromatic carbocycles. The van der Waals surface area contributed by atoms with Crippen molar-refractivity contribution >= 4 is 0 Å². The first-order chi connectivity index (χ1) is 7.95. The average molecular weight is 236 g/mol. The van der Waals surface area contributed by atoms with Gasteiger partial charge in [0.15, 0.2) is 0 Å². The quantitative estimate of drug-likeness (QED) is 0.569. The second kappa shape index (κ2) is 9.27. The van der Waals surface area contributed by atoms with Crippen LogP contribution in [0.5, 0.6) is 0 Å². The molecule has 0 amide bonds. The number of hydrogen-bond acceptors (Lipinski definition) is 0. The smallest absolute Gasteiger partial charge is 0.0129 e. The summed E-state index contributed by atoms with van der Waals surface area (Å²) in [5.74, 6) is 0. The average Bonchev–Trinajstić information content (AvgIpc) is 2.32. The topological polar surface area (TPSA) is 0 Å². The Kier molecular flexibility index (Phi) is 10.1. The Bertz CT molecular complexity index is 289. The van der Waals surface area contributed by atoms with Gasteiger partial charge in [-0.3, -0.25) is 0 Å². The van der Waals surface area contributed by atoms with E-state index in [1.165, 1.54) is 16.7 Å². The second-order valence-electron chi connectivity index (χ2n) is 4.75. The molecule has 0 bridgehead atoms. The zero-order valence-corrected chi connectivity index (χ0v) is 13.4. The van der Waals surface area contributed by atoms with E-state index in [0.717, 1.165) is 6.42 Å². The molecule has 0 spiro atoms. The molecule has 0 aromatic heterocycles. The molecule has 0 saturated carbocycles. The summed E-state index contributed by atoms with van der Waals surface area (Å²) in [5, 5.41) is 0. The predicted octanol–water partition coefficient (Wildman–Crippen LogP) is 5.91. The first-order valence-corrected chi connectivity index (χ1v) is 7.05. The highest BCUT2D eigenvalue weighted by atomic mass is 14.2. The van der Waals surface area contributed by atoms with Crippen LogP contribution in [0.4, 0.5) is 0 Å². The Morgan fingerprint density at radius 2 is 1.41 bits per heavy atom. The molecule has 100 valence electrons. The van der Waals surface area contributed by atoms with E-state index in [4.69, 9.17) is 0 Å². The van der Waals surface area contributed by atoms with Crippen LogP contribution in [-0.2, 0) is 11.8 Å². The van der Waals surface area contributed by atoms with Gasteiger partial charge in [0.05, 0.1) is 0 Å². The lowest BCUT2D eigenvalue weighted by atomic mass is 9.83. The van der Waals surface area contributed by atoms with Gasteiger partial charge in [0.25, 0.3) is 0 Å². The van der Waals surface area contributed by atoms with E-state index in [1.54, 1.807) is 0 Å². The first kappa shape index (κ1) is 18.6. The summed E-state index contributed by atoms with van der Waals surface area (Å²) in [6.07, 6.45) is 1.13. The normalized spacial score (nSPS) is 9.71. The van der Waals surface area contributed by atoms with Gasteiger partial charge in [-0.05, 0) is 35.4 Å². The molecular weight excluding hydrogens is 204 g/mol. The molecule has 0 fully saturated rings. The Morgan fingerprint density at radius 3 is 1.71 bits per heavy atom. The first-order valence-electron chi connectivity index (χ1n) is 7.05. The van der Waals surface area contributed by atoms with Crippen LogP contribution in [0.25, 0.3) is 0 Å². The van der Waals surface area contributed by atoms with E-state index in [1.807, 2.05) is 27.7 Å². The molecule has 0 saturated heterocycles. The zero-order valence-electron chi connectivity index (χ0n) is 13.4. The zero-order chi connectivity index (χ0) is 14.1. The van der Waals surface area contributed by atoms with Crippen molar-refractivity contribution in [2.75, 3.05) is 0 Å².